The van der Waals surface area contributed by atoms with Crippen LogP contribution in [0.3, 0.4) is 0 Å². The van der Waals surface area contributed by atoms with Crippen LogP contribution in [0.4, 0.5) is 5.69 Å². The topological polar surface area (TPSA) is 89.0 Å². The molecule has 1 amide bonds. The number of aromatic hydroxyl groups is 1. The normalized spacial score (nSPS) is 16.4. The molecule has 4 N–H and O–H groups in total. The standard InChI is InChI=1S/C22H28ClN5O2/c1-2-24-22(26-12-11-25-21(30)16-6-8-20(29)9-7-16)27-18-10-13-28(15-18)19-5-3-4-17(23)14-19/h3-9,14,18,29H,2,10-13,15H2,1H3,(H,25,30)(H2,24,26,27). The van der Waals surface area contributed by atoms with Crippen LogP contribution < -0.4 is 20.9 Å². The summed E-state index contributed by atoms with van der Waals surface area (Å²) in [5.41, 5.74) is 1.64. The van der Waals surface area contributed by atoms with Crippen molar-refractivity contribution in [3.05, 3.63) is 59.1 Å². The van der Waals surface area contributed by atoms with Crippen molar-refractivity contribution in [1.29, 1.82) is 0 Å². The first-order chi connectivity index (χ1) is 14.5. The summed E-state index contributed by atoms with van der Waals surface area (Å²) in [7, 11) is 0. The third-order valence-electron chi connectivity index (χ3n) is 4.84. The van der Waals surface area contributed by atoms with Crippen LogP contribution in [0.1, 0.15) is 23.7 Å². The minimum atomic E-state index is -0.184. The number of amides is 1. The van der Waals surface area contributed by atoms with Gasteiger partial charge in [-0.05, 0) is 55.8 Å². The maximum Gasteiger partial charge on any atom is 0.251 e. The molecule has 2 aromatic carbocycles. The maximum atomic E-state index is 12.1. The SMILES string of the molecule is CCNC(=NCCNC(=O)c1ccc(O)cc1)NC1CCN(c2cccc(Cl)c2)C1. The van der Waals surface area contributed by atoms with Crippen LogP contribution in [-0.2, 0) is 0 Å². The van der Waals surface area contributed by atoms with E-state index in [-0.39, 0.29) is 17.7 Å². The van der Waals surface area contributed by atoms with Gasteiger partial charge in [-0.25, -0.2) is 0 Å². The molecule has 2 aromatic rings. The zero-order chi connectivity index (χ0) is 21.3. The highest BCUT2D eigenvalue weighted by molar-refractivity contribution is 6.30. The van der Waals surface area contributed by atoms with Crippen molar-refractivity contribution in [2.45, 2.75) is 19.4 Å². The van der Waals surface area contributed by atoms with Gasteiger partial charge < -0.3 is 26.0 Å². The van der Waals surface area contributed by atoms with E-state index in [1.807, 2.05) is 25.1 Å². The van der Waals surface area contributed by atoms with Gasteiger partial charge in [-0.15, -0.1) is 0 Å². The fraction of sp³-hybridized carbons (Fsp3) is 0.364. The third-order valence-corrected chi connectivity index (χ3v) is 5.08. The van der Waals surface area contributed by atoms with Crippen molar-refractivity contribution in [2.75, 3.05) is 37.6 Å². The van der Waals surface area contributed by atoms with Gasteiger partial charge in [0.25, 0.3) is 5.91 Å². The van der Waals surface area contributed by atoms with Gasteiger partial charge >= 0.3 is 0 Å². The number of phenolic OH excluding ortho intramolecular Hbond substituents is 1. The molecule has 30 heavy (non-hydrogen) atoms. The highest BCUT2D eigenvalue weighted by Gasteiger charge is 2.23. The van der Waals surface area contributed by atoms with Crippen LogP contribution in [-0.4, -0.2) is 55.7 Å². The lowest BCUT2D eigenvalue weighted by Gasteiger charge is -2.20. The average molecular weight is 430 g/mol. The average Bonchev–Trinajstić information content (AvgIpc) is 3.20. The van der Waals surface area contributed by atoms with Gasteiger partial charge in [-0.1, -0.05) is 17.7 Å². The minimum Gasteiger partial charge on any atom is -0.508 e. The molecule has 0 bridgehead atoms. The van der Waals surface area contributed by atoms with Gasteiger partial charge in [0.1, 0.15) is 5.75 Å². The highest BCUT2D eigenvalue weighted by Crippen LogP contribution is 2.23. The number of hydrogen-bond acceptors (Lipinski definition) is 4. The van der Waals surface area contributed by atoms with E-state index >= 15 is 0 Å². The molecule has 0 radical (unpaired) electrons. The summed E-state index contributed by atoms with van der Waals surface area (Å²) in [5, 5.41) is 19.6. The summed E-state index contributed by atoms with van der Waals surface area (Å²) in [6.45, 7) is 5.51. The van der Waals surface area contributed by atoms with E-state index in [1.54, 1.807) is 12.1 Å². The largest absolute Gasteiger partial charge is 0.508 e. The molecule has 1 aliphatic heterocycles. The van der Waals surface area contributed by atoms with Crippen molar-refractivity contribution < 1.29 is 9.90 Å². The molecule has 1 saturated heterocycles. The van der Waals surface area contributed by atoms with Crippen molar-refractivity contribution in [1.82, 2.24) is 16.0 Å². The Morgan fingerprint density at radius 3 is 2.77 bits per heavy atom. The van der Waals surface area contributed by atoms with Gasteiger partial charge in [0, 0.05) is 48.5 Å². The minimum absolute atomic E-state index is 0.137. The number of aliphatic imine (C=N–C) groups is 1. The summed E-state index contributed by atoms with van der Waals surface area (Å²) < 4.78 is 0. The second-order valence-corrected chi connectivity index (χ2v) is 7.56. The summed E-state index contributed by atoms with van der Waals surface area (Å²) in [6, 6.07) is 14.4. The molecular formula is C22H28ClN5O2. The third kappa shape index (κ3) is 6.29. The van der Waals surface area contributed by atoms with E-state index in [4.69, 9.17) is 11.6 Å². The number of guanidine groups is 1. The molecule has 0 aliphatic carbocycles. The van der Waals surface area contributed by atoms with Crippen LogP contribution in [0, 0.1) is 0 Å². The molecule has 1 atom stereocenters. The monoisotopic (exact) mass is 429 g/mol. The van der Waals surface area contributed by atoms with E-state index in [9.17, 15) is 9.90 Å². The Labute approximate surface area is 182 Å². The van der Waals surface area contributed by atoms with Crippen molar-refractivity contribution in [2.24, 2.45) is 4.99 Å². The molecule has 1 unspecified atom stereocenters. The van der Waals surface area contributed by atoms with E-state index in [0.717, 1.165) is 42.7 Å². The number of carbonyl (C=O) groups excluding carboxylic acids is 1. The molecule has 1 aliphatic rings. The van der Waals surface area contributed by atoms with E-state index in [1.165, 1.54) is 12.1 Å². The molecule has 0 aromatic heterocycles. The molecule has 0 spiro atoms. The van der Waals surface area contributed by atoms with Crippen LogP contribution >= 0.6 is 11.6 Å². The van der Waals surface area contributed by atoms with Gasteiger partial charge in [-0.2, -0.15) is 0 Å². The number of benzene rings is 2. The number of phenols is 1. The first-order valence-electron chi connectivity index (χ1n) is 10.2. The molecule has 3 rings (SSSR count). The van der Waals surface area contributed by atoms with Gasteiger partial charge in [0.15, 0.2) is 5.96 Å². The molecule has 8 heteroatoms. The zero-order valence-electron chi connectivity index (χ0n) is 17.1. The molecule has 1 fully saturated rings. The summed E-state index contributed by atoms with van der Waals surface area (Å²) in [6.07, 6.45) is 1.01. The number of halogens is 1. The lowest BCUT2D eigenvalue weighted by atomic mass is 10.2. The van der Waals surface area contributed by atoms with E-state index < -0.39 is 0 Å². The Kier molecular flexibility index (Phi) is 7.79. The Hall–Kier alpha value is -2.93. The summed E-state index contributed by atoms with van der Waals surface area (Å²) in [4.78, 5) is 19.0. The number of rotatable bonds is 7. The molecule has 160 valence electrons. The summed E-state index contributed by atoms with van der Waals surface area (Å²) >= 11 is 6.11. The van der Waals surface area contributed by atoms with E-state index in [2.05, 4.69) is 31.9 Å². The predicted molar refractivity (Wildman–Crippen MR) is 122 cm³/mol. The number of carbonyl (C=O) groups is 1. The Balaban J connectivity index is 1.47. The second-order valence-electron chi connectivity index (χ2n) is 7.12. The van der Waals surface area contributed by atoms with Gasteiger partial charge in [0.05, 0.1) is 6.54 Å². The van der Waals surface area contributed by atoms with Gasteiger partial charge in [0.2, 0.25) is 0 Å². The fourth-order valence-electron chi connectivity index (χ4n) is 3.35. The van der Waals surface area contributed by atoms with Crippen LogP contribution in [0.15, 0.2) is 53.5 Å². The second kappa shape index (κ2) is 10.7. The fourth-order valence-corrected chi connectivity index (χ4v) is 3.54. The number of hydrogen-bond donors (Lipinski definition) is 4. The lowest BCUT2D eigenvalue weighted by molar-refractivity contribution is 0.0955. The molecule has 7 nitrogen and oxygen atoms in total. The quantitative estimate of drug-likeness (QED) is 0.308. The molecule has 0 saturated carbocycles. The molecule has 1 heterocycles. The number of nitrogens with one attached hydrogen (secondary N) is 3. The molecular weight excluding hydrogens is 402 g/mol. The maximum absolute atomic E-state index is 12.1. The Morgan fingerprint density at radius 2 is 2.03 bits per heavy atom. The van der Waals surface area contributed by atoms with E-state index in [0.29, 0.717) is 18.7 Å². The van der Waals surface area contributed by atoms with Gasteiger partial charge in [-0.3, -0.25) is 9.79 Å². The summed E-state index contributed by atoms with van der Waals surface area (Å²) in [5.74, 6) is 0.698. The number of anilines is 1. The zero-order valence-corrected chi connectivity index (χ0v) is 17.8. The van der Waals surface area contributed by atoms with Crippen LogP contribution in [0.5, 0.6) is 5.75 Å². The first kappa shape index (κ1) is 21.8. The first-order valence-corrected chi connectivity index (χ1v) is 10.6. The number of nitrogens with zero attached hydrogens (tertiary/aromatic N) is 2. The van der Waals surface area contributed by atoms with Crippen LogP contribution in [0.25, 0.3) is 0 Å². The van der Waals surface area contributed by atoms with Crippen molar-refractivity contribution >= 4 is 29.2 Å². The Morgan fingerprint density at radius 1 is 1.23 bits per heavy atom. The Bertz CT molecular complexity index is 872. The predicted octanol–water partition coefficient (Wildman–Crippen LogP) is 2.61. The van der Waals surface area contributed by atoms with Crippen molar-refractivity contribution in [3.8, 4) is 5.75 Å². The van der Waals surface area contributed by atoms with Crippen LogP contribution in [0.2, 0.25) is 5.02 Å². The smallest absolute Gasteiger partial charge is 0.251 e. The van der Waals surface area contributed by atoms with Crippen molar-refractivity contribution in [3.63, 3.8) is 0 Å². The lowest BCUT2D eigenvalue weighted by Crippen LogP contribution is -2.45. The highest BCUT2D eigenvalue weighted by atomic mass is 35.5.